The molecule has 0 radical (unpaired) electrons. The van der Waals surface area contributed by atoms with Crippen LogP contribution in [0.3, 0.4) is 0 Å². The van der Waals surface area contributed by atoms with Crippen molar-refractivity contribution in [3.63, 3.8) is 0 Å². The third-order valence-electron chi connectivity index (χ3n) is 3.24. The summed E-state index contributed by atoms with van der Waals surface area (Å²) in [5.74, 6) is -0.161. The second kappa shape index (κ2) is 6.92. The number of hydrogen-bond acceptors (Lipinski definition) is 2. The summed E-state index contributed by atoms with van der Waals surface area (Å²) < 4.78 is 0. The Kier molecular flexibility index (Phi) is 4.97. The van der Waals surface area contributed by atoms with Crippen LogP contribution >= 0.6 is 11.6 Å². The molecule has 1 atom stereocenters. The van der Waals surface area contributed by atoms with Crippen LogP contribution in [0.4, 0.5) is 0 Å². The molecular formula is C17H15ClN2O. The maximum absolute atomic E-state index is 12.2. The van der Waals surface area contributed by atoms with Crippen LogP contribution in [0.2, 0.25) is 5.02 Å². The Morgan fingerprint density at radius 1 is 1.29 bits per heavy atom. The summed E-state index contributed by atoms with van der Waals surface area (Å²) in [5.41, 5.74) is 2.05. The zero-order valence-corrected chi connectivity index (χ0v) is 12.4. The van der Waals surface area contributed by atoms with Gasteiger partial charge in [-0.3, -0.25) is 4.79 Å². The average molecular weight is 299 g/mol. The zero-order chi connectivity index (χ0) is 15.2. The maximum atomic E-state index is 12.2. The topological polar surface area (TPSA) is 52.9 Å². The van der Waals surface area contributed by atoms with Gasteiger partial charge in [0.15, 0.2) is 0 Å². The van der Waals surface area contributed by atoms with Gasteiger partial charge in [0, 0.05) is 10.6 Å². The molecule has 3 nitrogen and oxygen atoms in total. The molecule has 0 heterocycles. The summed E-state index contributed by atoms with van der Waals surface area (Å²) in [7, 11) is 0. The average Bonchev–Trinajstić information content (AvgIpc) is 2.52. The normalized spacial score (nSPS) is 11.5. The Bertz CT molecular complexity index is 674. The van der Waals surface area contributed by atoms with Gasteiger partial charge in [-0.15, -0.1) is 0 Å². The summed E-state index contributed by atoms with van der Waals surface area (Å²) in [4.78, 5) is 12.2. The molecule has 1 unspecified atom stereocenters. The van der Waals surface area contributed by atoms with Crippen molar-refractivity contribution in [2.24, 2.45) is 0 Å². The molecule has 2 rings (SSSR count). The van der Waals surface area contributed by atoms with E-state index >= 15 is 0 Å². The molecule has 0 aliphatic heterocycles. The second-order valence-electron chi connectivity index (χ2n) is 4.68. The summed E-state index contributed by atoms with van der Waals surface area (Å²) in [6, 6.07) is 16.0. The van der Waals surface area contributed by atoms with Crippen LogP contribution in [0.25, 0.3) is 0 Å². The summed E-state index contributed by atoms with van der Waals surface area (Å²) in [5, 5.41) is 12.4. The molecule has 106 valence electrons. The number of rotatable bonds is 4. The van der Waals surface area contributed by atoms with Gasteiger partial charge in [-0.05, 0) is 48.4 Å². The third-order valence-corrected chi connectivity index (χ3v) is 3.48. The molecule has 0 fully saturated rings. The van der Waals surface area contributed by atoms with Crippen molar-refractivity contribution < 1.29 is 4.79 Å². The van der Waals surface area contributed by atoms with Crippen LogP contribution in [0.15, 0.2) is 48.5 Å². The van der Waals surface area contributed by atoms with Crippen molar-refractivity contribution in [3.8, 4) is 6.07 Å². The first-order valence-electron chi connectivity index (χ1n) is 6.70. The molecule has 21 heavy (non-hydrogen) atoms. The van der Waals surface area contributed by atoms with Crippen molar-refractivity contribution in [1.29, 1.82) is 5.26 Å². The first-order chi connectivity index (χ1) is 10.1. The van der Waals surface area contributed by atoms with E-state index in [1.807, 2.05) is 31.2 Å². The summed E-state index contributed by atoms with van der Waals surface area (Å²) >= 11 is 5.99. The highest BCUT2D eigenvalue weighted by atomic mass is 35.5. The SMILES string of the molecule is CCC(NC(=O)c1ccc(C#N)cc1)c1cccc(Cl)c1. The molecule has 1 amide bonds. The molecule has 0 spiro atoms. The van der Waals surface area contributed by atoms with E-state index < -0.39 is 0 Å². The van der Waals surface area contributed by atoms with Crippen LogP contribution < -0.4 is 5.32 Å². The van der Waals surface area contributed by atoms with Gasteiger partial charge in [-0.2, -0.15) is 5.26 Å². The minimum atomic E-state index is -0.161. The lowest BCUT2D eigenvalue weighted by molar-refractivity contribution is 0.0935. The number of nitriles is 1. The van der Waals surface area contributed by atoms with Gasteiger partial charge in [0.25, 0.3) is 5.91 Å². The fraction of sp³-hybridized carbons (Fsp3) is 0.176. The highest BCUT2D eigenvalue weighted by molar-refractivity contribution is 6.30. The lowest BCUT2D eigenvalue weighted by Crippen LogP contribution is -2.28. The molecule has 0 bridgehead atoms. The Labute approximate surface area is 129 Å². The molecule has 1 N–H and O–H groups in total. The molecule has 4 heteroatoms. The van der Waals surface area contributed by atoms with Gasteiger partial charge in [0.1, 0.15) is 0 Å². The Balaban J connectivity index is 2.14. The van der Waals surface area contributed by atoms with Crippen molar-refractivity contribution in [1.82, 2.24) is 5.32 Å². The minimum Gasteiger partial charge on any atom is -0.345 e. The zero-order valence-electron chi connectivity index (χ0n) is 11.6. The predicted molar refractivity (Wildman–Crippen MR) is 83.1 cm³/mol. The van der Waals surface area contributed by atoms with Crippen molar-refractivity contribution in [3.05, 3.63) is 70.2 Å². The lowest BCUT2D eigenvalue weighted by atomic mass is 10.0. The number of halogens is 1. The first kappa shape index (κ1) is 15.1. The smallest absolute Gasteiger partial charge is 0.251 e. The van der Waals surface area contributed by atoms with E-state index in [9.17, 15) is 4.79 Å². The molecule has 2 aromatic carbocycles. The number of amides is 1. The van der Waals surface area contributed by atoms with Crippen LogP contribution in [-0.4, -0.2) is 5.91 Å². The number of nitrogens with one attached hydrogen (secondary N) is 1. The molecule has 0 saturated carbocycles. The highest BCUT2D eigenvalue weighted by Gasteiger charge is 2.14. The van der Waals surface area contributed by atoms with Gasteiger partial charge in [0.05, 0.1) is 17.7 Å². The second-order valence-corrected chi connectivity index (χ2v) is 5.11. The van der Waals surface area contributed by atoms with E-state index in [4.69, 9.17) is 16.9 Å². The van der Waals surface area contributed by atoms with Crippen LogP contribution in [0.1, 0.15) is 40.9 Å². The lowest BCUT2D eigenvalue weighted by Gasteiger charge is -2.17. The maximum Gasteiger partial charge on any atom is 0.251 e. The Hall–Kier alpha value is -2.31. The Morgan fingerprint density at radius 3 is 2.57 bits per heavy atom. The number of hydrogen-bond donors (Lipinski definition) is 1. The van der Waals surface area contributed by atoms with Crippen LogP contribution in [0, 0.1) is 11.3 Å². The van der Waals surface area contributed by atoms with E-state index in [-0.39, 0.29) is 11.9 Å². The van der Waals surface area contributed by atoms with Crippen molar-refractivity contribution in [2.75, 3.05) is 0 Å². The number of benzene rings is 2. The summed E-state index contributed by atoms with van der Waals surface area (Å²) in [6.07, 6.45) is 0.766. The minimum absolute atomic E-state index is 0.0909. The van der Waals surface area contributed by atoms with Gasteiger partial charge >= 0.3 is 0 Å². The van der Waals surface area contributed by atoms with E-state index in [0.29, 0.717) is 16.1 Å². The molecule has 0 saturated heterocycles. The fourth-order valence-electron chi connectivity index (χ4n) is 2.08. The molecule has 0 aliphatic carbocycles. The fourth-order valence-corrected chi connectivity index (χ4v) is 2.28. The molecule has 2 aromatic rings. The monoisotopic (exact) mass is 298 g/mol. The predicted octanol–water partition coefficient (Wildman–Crippen LogP) is 4.09. The van der Waals surface area contributed by atoms with Crippen molar-refractivity contribution in [2.45, 2.75) is 19.4 Å². The van der Waals surface area contributed by atoms with E-state index in [0.717, 1.165) is 12.0 Å². The Morgan fingerprint density at radius 2 is 2.00 bits per heavy atom. The van der Waals surface area contributed by atoms with E-state index in [1.165, 1.54) is 0 Å². The van der Waals surface area contributed by atoms with Crippen molar-refractivity contribution >= 4 is 17.5 Å². The summed E-state index contributed by atoms with van der Waals surface area (Å²) in [6.45, 7) is 2.00. The largest absolute Gasteiger partial charge is 0.345 e. The van der Waals surface area contributed by atoms with Gasteiger partial charge in [-0.1, -0.05) is 30.7 Å². The first-order valence-corrected chi connectivity index (χ1v) is 7.08. The quantitative estimate of drug-likeness (QED) is 0.924. The van der Waals surface area contributed by atoms with Gasteiger partial charge < -0.3 is 5.32 Å². The molecular weight excluding hydrogens is 284 g/mol. The number of carbonyl (C=O) groups is 1. The van der Waals surface area contributed by atoms with E-state index in [1.54, 1.807) is 30.3 Å². The van der Waals surface area contributed by atoms with Gasteiger partial charge in [-0.25, -0.2) is 0 Å². The van der Waals surface area contributed by atoms with E-state index in [2.05, 4.69) is 5.32 Å². The molecule has 0 aliphatic rings. The standard InChI is InChI=1S/C17H15ClN2O/c1-2-16(14-4-3-5-15(18)10-14)20-17(21)13-8-6-12(11-19)7-9-13/h3-10,16H,2H2,1H3,(H,20,21). The van der Waals surface area contributed by atoms with Gasteiger partial charge in [0.2, 0.25) is 0 Å². The number of nitrogens with zero attached hydrogens (tertiary/aromatic N) is 1. The number of carbonyl (C=O) groups excluding carboxylic acids is 1. The molecule has 0 aromatic heterocycles. The van der Waals surface area contributed by atoms with Crippen LogP contribution in [-0.2, 0) is 0 Å². The van der Waals surface area contributed by atoms with Crippen LogP contribution in [0.5, 0.6) is 0 Å². The highest BCUT2D eigenvalue weighted by Crippen LogP contribution is 2.20. The third kappa shape index (κ3) is 3.84.